The average molecular weight is 978 g/mol. The van der Waals surface area contributed by atoms with Gasteiger partial charge in [0.15, 0.2) is 6.10 Å². The molecule has 0 radical (unpaired) electrons. The van der Waals surface area contributed by atoms with E-state index >= 15 is 0 Å². The molecule has 0 spiro atoms. The van der Waals surface area contributed by atoms with Gasteiger partial charge in [-0.05, 0) is 109 Å². The Labute approximate surface area is 433 Å². The van der Waals surface area contributed by atoms with Gasteiger partial charge in [0.1, 0.15) is 13.2 Å². The highest BCUT2D eigenvalue weighted by Gasteiger charge is 2.19. The molecular weight excluding hydrogens is 865 g/mol. The quantitative estimate of drug-likeness (QED) is 0.0261. The van der Waals surface area contributed by atoms with Gasteiger partial charge in [-0.25, -0.2) is 0 Å². The number of carbonyl (C=O) groups is 3. The molecular formula is C64H112O6. The van der Waals surface area contributed by atoms with Gasteiger partial charge in [-0.15, -0.1) is 0 Å². The maximum absolute atomic E-state index is 12.9. The van der Waals surface area contributed by atoms with Crippen LogP contribution in [0.3, 0.4) is 0 Å². The van der Waals surface area contributed by atoms with Crippen LogP contribution in [0.25, 0.3) is 0 Å². The minimum absolute atomic E-state index is 0.0847. The molecule has 0 fully saturated rings. The lowest BCUT2D eigenvalue weighted by molar-refractivity contribution is -0.167. The van der Waals surface area contributed by atoms with Crippen LogP contribution in [-0.4, -0.2) is 37.2 Å². The summed E-state index contributed by atoms with van der Waals surface area (Å²) in [7, 11) is 0. The molecule has 404 valence electrons. The van der Waals surface area contributed by atoms with E-state index in [1.165, 1.54) is 161 Å². The van der Waals surface area contributed by atoms with Gasteiger partial charge in [0, 0.05) is 19.3 Å². The predicted molar refractivity (Wildman–Crippen MR) is 302 cm³/mol. The van der Waals surface area contributed by atoms with E-state index in [9.17, 15) is 14.4 Å². The van der Waals surface area contributed by atoms with E-state index in [4.69, 9.17) is 14.2 Å². The summed E-state index contributed by atoms with van der Waals surface area (Å²) in [4.78, 5) is 38.2. The lowest BCUT2D eigenvalue weighted by Crippen LogP contribution is -2.30. The third-order valence-electron chi connectivity index (χ3n) is 12.9. The first kappa shape index (κ1) is 66.9. The van der Waals surface area contributed by atoms with Gasteiger partial charge < -0.3 is 14.2 Å². The average Bonchev–Trinajstić information content (AvgIpc) is 3.36. The van der Waals surface area contributed by atoms with Crippen molar-refractivity contribution >= 4 is 17.9 Å². The first-order chi connectivity index (χ1) is 34.5. The second-order valence-corrected chi connectivity index (χ2v) is 19.9. The molecule has 0 saturated carbocycles. The minimum Gasteiger partial charge on any atom is -0.462 e. The van der Waals surface area contributed by atoms with Gasteiger partial charge in [0.2, 0.25) is 0 Å². The van der Waals surface area contributed by atoms with Gasteiger partial charge >= 0.3 is 17.9 Å². The minimum atomic E-state index is -0.786. The van der Waals surface area contributed by atoms with Crippen molar-refractivity contribution in [2.75, 3.05) is 13.2 Å². The van der Waals surface area contributed by atoms with E-state index in [0.29, 0.717) is 19.3 Å². The van der Waals surface area contributed by atoms with Crippen LogP contribution in [0.15, 0.2) is 72.9 Å². The van der Waals surface area contributed by atoms with Crippen LogP contribution in [0.5, 0.6) is 0 Å². The molecule has 6 nitrogen and oxygen atoms in total. The van der Waals surface area contributed by atoms with Crippen molar-refractivity contribution in [1.29, 1.82) is 0 Å². The number of unbranched alkanes of at least 4 members (excludes halogenated alkanes) is 31. The zero-order valence-electron chi connectivity index (χ0n) is 46.3. The van der Waals surface area contributed by atoms with Crippen LogP contribution in [0.1, 0.15) is 297 Å². The maximum atomic E-state index is 12.9. The Hall–Kier alpha value is -3.15. The summed E-state index contributed by atoms with van der Waals surface area (Å²) in [5, 5.41) is 0. The van der Waals surface area contributed by atoms with Crippen LogP contribution < -0.4 is 0 Å². The van der Waals surface area contributed by atoms with Gasteiger partial charge in [0.05, 0.1) is 0 Å². The molecule has 1 atom stereocenters. The summed E-state index contributed by atoms with van der Waals surface area (Å²) in [6, 6.07) is 0. The summed E-state index contributed by atoms with van der Waals surface area (Å²) in [6.45, 7) is 6.57. The van der Waals surface area contributed by atoms with E-state index < -0.39 is 6.10 Å². The van der Waals surface area contributed by atoms with E-state index in [1.54, 1.807) is 0 Å². The van der Waals surface area contributed by atoms with Crippen molar-refractivity contribution in [2.24, 2.45) is 0 Å². The molecule has 70 heavy (non-hydrogen) atoms. The van der Waals surface area contributed by atoms with Crippen molar-refractivity contribution < 1.29 is 28.6 Å². The van der Waals surface area contributed by atoms with Crippen LogP contribution >= 0.6 is 0 Å². The molecule has 1 unspecified atom stereocenters. The molecule has 0 aliphatic rings. The monoisotopic (exact) mass is 977 g/mol. The van der Waals surface area contributed by atoms with Crippen LogP contribution in [0.2, 0.25) is 0 Å². The fraction of sp³-hybridized carbons (Fsp3) is 0.766. The summed E-state index contributed by atoms with van der Waals surface area (Å²) in [5.74, 6) is -0.901. The topological polar surface area (TPSA) is 78.9 Å². The Morgan fingerprint density at radius 1 is 0.286 bits per heavy atom. The molecule has 0 bridgehead atoms. The lowest BCUT2D eigenvalue weighted by Gasteiger charge is -2.18. The molecule has 0 heterocycles. The highest BCUT2D eigenvalue weighted by atomic mass is 16.6. The molecule has 0 aliphatic carbocycles. The van der Waals surface area contributed by atoms with Crippen LogP contribution in [0, 0.1) is 0 Å². The van der Waals surface area contributed by atoms with Gasteiger partial charge in [-0.3, -0.25) is 14.4 Å². The van der Waals surface area contributed by atoms with Crippen molar-refractivity contribution in [3.8, 4) is 0 Å². The van der Waals surface area contributed by atoms with E-state index in [1.807, 2.05) is 0 Å². The van der Waals surface area contributed by atoms with Gasteiger partial charge in [-0.2, -0.15) is 0 Å². The maximum Gasteiger partial charge on any atom is 0.306 e. The zero-order valence-corrected chi connectivity index (χ0v) is 46.3. The number of esters is 3. The third-order valence-corrected chi connectivity index (χ3v) is 12.9. The van der Waals surface area contributed by atoms with E-state index in [2.05, 4.69) is 93.7 Å². The van der Waals surface area contributed by atoms with Gasteiger partial charge in [0.25, 0.3) is 0 Å². The number of ether oxygens (including phenoxy) is 3. The van der Waals surface area contributed by atoms with Crippen molar-refractivity contribution in [3.63, 3.8) is 0 Å². The molecule has 0 saturated heterocycles. The molecule has 0 aromatic rings. The number of allylic oxidation sites excluding steroid dienone is 12. The number of rotatable bonds is 54. The standard InChI is InChI=1S/C64H112O6/c1-4-7-10-13-16-19-22-24-26-28-30-31-32-33-34-36-37-39-42-45-48-51-54-57-63(66)69-60-61(59-68-62(65)56-53-50-47-44-41-21-18-15-12-9-6-3)70-64(67)58-55-52-49-46-43-40-38-35-29-27-25-23-20-17-14-11-8-5-2/h15,18,20,22-24,27-30,32-33,61H,4-14,16-17,19,21,25-26,31,34-60H2,1-3H3/b18-15-,23-20-,24-22-,29-27-,30-28-,33-32-. The number of hydrogen-bond donors (Lipinski definition) is 0. The first-order valence-electron chi connectivity index (χ1n) is 29.9. The summed E-state index contributed by atoms with van der Waals surface area (Å²) < 4.78 is 16.9. The second-order valence-electron chi connectivity index (χ2n) is 19.9. The Morgan fingerprint density at radius 3 is 0.871 bits per heavy atom. The molecule has 6 heteroatoms. The summed E-state index contributed by atoms with van der Waals surface area (Å²) in [5.41, 5.74) is 0. The van der Waals surface area contributed by atoms with Gasteiger partial charge in [-0.1, -0.05) is 241 Å². The SMILES string of the molecule is CCCC/C=C\CCCCCCCC(=O)OCC(COC(=O)CCCCCCCCCC/C=C\C/C=C\C/C=C\CCCCCCC)OC(=O)CCCCCCCCC/C=C\C/C=C\CCCCCC. The lowest BCUT2D eigenvalue weighted by atomic mass is 10.1. The van der Waals surface area contributed by atoms with E-state index in [0.717, 1.165) is 96.3 Å². The zero-order chi connectivity index (χ0) is 50.7. The normalized spacial score (nSPS) is 12.6. The fourth-order valence-corrected chi connectivity index (χ4v) is 8.34. The molecule has 0 aromatic heterocycles. The molecule has 0 rings (SSSR count). The Morgan fingerprint density at radius 2 is 0.529 bits per heavy atom. The largest absolute Gasteiger partial charge is 0.462 e. The molecule has 0 aromatic carbocycles. The molecule has 0 aliphatic heterocycles. The number of hydrogen-bond acceptors (Lipinski definition) is 6. The third kappa shape index (κ3) is 55.8. The second kappa shape index (κ2) is 58.4. The molecule has 0 amide bonds. The first-order valence-corrected chi connectivity index (χ1v) is 29.9. The predicted octanol–water partition coefficient (Wildman–Crippen LogP) is 20.2. The van der Waals surface area contributed by atoms with Crippen LogP contribution in [-0.2, 0) is 28.6 Å². The highest BCUT2D eigenvalue weighted by molar-refractivity contribution is 5.71. The Bertz CT molecular complexity index is 1310. The van der Waals surface area contributed by atoms with E-state index in [-0.39, 0.29) is 31.1 Å². The molecule has 0 N–H and O–H groups in total. The Kier molecular flexibility index (Phi) is 55.8. The highest BCUT2D eigenvalue weighted by Crippen LogP contribution is 2.15. The fourth-order valence-electron chi connectivity index (χ4n) is 8.34. The van der Waals surface area contributed by atoms with Crippen LogP contribution in [0.4, 0.5) is 0 Å². The van der Waals surface area contributed by atoms with Crippen molar-refractivity contribution in [2.45, 2.75) is 303 Å². The van der Waals surface area contributed by atoms with Crippen molar-refractivity contribution in [3.05, 3.63) is 72.9 Å². The number of carbonyl (C=O) groups excluding carboxylic acids is 3. The Balaban J connectivity index is 4.33. The smallest absolute Gasteiger partial charge is 0.306 e. The summed E-state index contributed by atoms with van der Waals surface area (Å²) >= 11 is 0. The summed E-state index contributed by atoms with van der Waals surface area (Å²) in [6.07, 6.45) is 74.7. The van der Waals surface area contributed by atoms with Crippen molar-refractivity contribution in [1.82, 2.24) is 0 Å².